The Bertz CT molecular complexity index is 939. The summed E-state index contributed by atoms with van der Waals surface area (Å²) in [6.07, 6.45) is -0.171. The highest BCUT2D eigenvalue weighted by Gasteiger charge is 2.33. The molecule has 0 bridgehead atoms. The summed E-state index contributed by atoms with van der Waals surface area (Å²) in [5.41, 5.74) is -0.955. The van der Waals surface area contributed by atoms with Crippen molar-refractivity contribution in [1.29, 1.82) is 0 Å². The van der Waals surface area contributed by atoms with E-state index >= 15 is 0 Å². The molecule has 132 valence electrons. The summed E-state index contributed by atoms with van der Waals surface area (Å²) in [4.78, 5) is -1.77. The zero-order valence-corrected chi connectivity index (χ0v) is 13.5. The third kappa shape index (κ3) is 2.65. The highest BCUT2D eigenvalue weighted by atomic mass is 32.2. The lowest BCUT2D eigenvalue weighted by Gasteiger charge is -2.17. The van der Waals surface area contributed by atoms with Gasteiger partial charge in [0.05, 0.1) is 5.39 Å². The maximum atomic E-state index is 14.5. The molecule has 2 rings (SSSR count). The van der Waals surface area contributed by atoms with E-state index < -0.39 is 66.0 Å². The number of fused-ring (bicyclic) bond motifs is 1. The van der Waals surface area contributed by atoms with Gasteiger partial charge >= 0.3 is 0 Å². The molecule has 9 heteroatoms. The Kier molecular flexibility index (Phi) is 4.87. The third-order valence-electron chi connectivity index (χ3n) is 3.72. The van der Waals surface area contributed by atoms with Crippen LogP contribution in [0.1, 0.15) is 31.4 Å². The third-order valence-corrected chi connectivity index (χ3v) is 4.59. The average molecular weight is 368 g/mol. The summed E-state index contributed by atoms with van der Waals surface area (Å²) < 4.78 is 102. The van der Waals surface area contributed by atoms with Crippen molar-refractivity contribution in [3.63, 3.8) is 0 Å². The van der Waals surface area contributed by atoms with E-state index in [1.54, 1.807) is 6.92 Å². The molecule has 2 aromatic rings. The number of hydrogen-bond donors (Lipinski definition) is 1. The fraction of sp³-hybridized carbons (Fsp3) is 0.333. The van der Waals surface area contributed by atoms with Gasteiger partial charge in [0.15, 0.2) is 34.0 Å². The van der Waals surface area contributed by atoms with Crippen LogP contribution in [0.25, 0.3) is 10.8 Å². The van der Waals surface area contributed by atoms with Crippen LogP contribution >= 0.6 is 0 Å². The molecule has 0 aliphatic rings. The van der Waals surface area contributed by atoms with E-state index in [0.717, 1.165) is 0 Å². The van der Waals surface area contributed by atoms with Crippen molar-refractivity contribution in [3.8, 4) is 0 Å². The standard InChI is InChI=1S/C15H13F5O3S/c1-3-5-7-8-6(4-2)10(16)14(20)12(18)9(8)13(19)15(11(7)17)24(21,22)23/h3-5H2,1-2H3,(H,21,22,23). The van der Waals surface area contributed by atoms with E-state index in [0.29, 0.717) is 0 Å². The molecule has 0 atom stereocenters. The maximum Gasteiger partial charge on any atom is 0.300 e. The van der Waals surface area contributed by atoms with Crippen LogP contribution in [-0.2, 0) is 23.0 Å². The van der Waals surface area contributed by atoms with Gasteiger partial charge in [0, 0.05) is 5.39 Å². The Labute approximate surface area is 134 Å². The molecule has 0 fully saturated rings. The molecule has 0 amide bonds. The molecular weight excluding hydrogens is 355 g/mol. The van der Waals surface area contributed by atoms with Gasteiger partial charge in [-0.05, 0) is 24.0 Å². The Morgan fingerprint density at radius 2 is 1.38 bits per heavy atom. The topological polar surface area (TPSA) is 54.4 Å². The summed E-state index contributed by atoms with van der Waals surface area (Å²) in [6.45, 7) is 2.95. The summed E-state index contributed by atoms with van der Waals surface area (Å²) in [5.74, 6) is -9.17. The van der Waals surface area contributed by atoms with Crippen LogP contribution in [0.2, 0.25) is 0 Å². The second kappa shape index (κ2) is 6.29. The van der Waals surface area contributed by atoms with Crippen LogP contribution in [0.5, 0.6) is 0 Å². The number of benzene rings is 2. The smallest absolute Gasteiger partial charge is 0.282 e. The fourth-order valence-corrected chi connectivity index (χ4v) is 3.43. The highest BCUT2D eigenvalue weighted by Crippen LogP contribution is 2.38. The van der Waals surface area contributed by atoms with E-state index in [9.17, 15) is 30.4 Å². The lowest BCUT2D eigenvalue weighted by atomic mass is 9.93. The molecule has 0 unspecified atom stereocenters. The fourth-order valence-electron chi connectivity index (χ4n) is 2.75. The van der Waals surface area contributed by atoms with Gasteiger partial charge in [-0.25, -0.2) is 22.0 Å². The first-order valence-corrected chi connectivity index (χ1v) is 8.48. The van der Waals surface area contributed by atoms with E-state index in [4.69, 9.17) is 4.55 Å². The molecule has 0 aliphatic carbocycles. The van der Waals surface area contributed by atoms with Crippen molar-refractivity contribution in [2.75, 3.05) is 0 Å². The molecule has 1 N–H and O–H groups in total. The quantitative estimate of drug-likeness (QED) is 0.497. The zero-order chi connectivity index (χ0) is 18.4. The van der Waals surface area contributed by atoms with Crippen molar-refractivity contribution >= 4 is 20.9 Å². The summed E-state index contributed by atoms with van der Waals surface area (Å²) in [5, 5.41) is -1.73. The minimum Gasteiger partial charge on any atom is -0.282 e. The van der Waals surface area contributed by atoms with E-state index in [2.05, 4.69) is 0 Å². The normalized spacial score (nSPS) is 12.2. The van der Waals surface area contributed by atoms with Crippen LogP contribution in [0, 0.1) is 29.1 Å². The van der Waals surface area contributed by atoms with Gasteiger partial charge in [-0.3, -0.25) is 4.55 Å². The first-order valence-electron chi connectivity index (χ1n) is 7.04. The van der Waals surface area contributed by atoms with Gasteiger partial charge < -0.3 is 0 Å². The summed E-state index contributed by atoms with van der Waals surface area (Å²) in [6, 6.07) is 0. The van der Waals surface area contributed by atoms with Crippen LogP contribution < -0.4 is 0 Å². The van der Waals surface area contributed by atoms with Crippen molar-refractivity contribution in [3.05, 3.63) is 40.2 Å². The number of aryl methyl sites for hydroxylation is 2. The Balaban J connectivity index is 3.27. The van der Waals surface area contributed by atoms with Gasteiger partial charge in [0.1, 0.15) is 0 Å². The van der Waals surface area contributed by atoms with Crippen molar-refractivity contribution in [1.82, 2.24) is 0 Å². The van der Waals surface area contributed by atoms with Crippen LogP contribution in [0.15, 0.2) is 4.90 Å². The van der Waals surface area contributed by atoms with Crippen molar-refractivity contribution in [2.45, 2.75) is 38.0 Å². The lowest BCUT2D eigenvalue weighted by molar-refractivity contribution is 0.439. The second-order valence-electron chi connectivity index (χ2n) is 5.18. The van der Waals surface area contributed by atoms with Gasteiger partial charge in [-0.1, -0.05) is 20.3 Å². The number of hydrogen-bond acceptors (Lipinski definition) is 2. The molecule has 0 spiro atoms. The number of halogens is 5. The molecule has 0 heterocycles. The predicted molar refractivity (Wildman–Crippen MR) is 76.9 cm³/mol. The molecule has 2 aromatic carbocycles. The first-order chi connectivity index (χ1) is 11.1. The van der Waals surface area contributed by atoms with Crippen molar-refractivity contribution < 1.29 is 34.9 Å². The molecule has 0 aromatic heterocycles. The Morgan fingerprint density at radius 1 is 0.792 bits per heavy atom. The molecule has 0 aliphatic heterocycles. The molecule has 0 saturated carbocycles. The molecule has 3 nitrogen and oxygen atoms in total. The SMILES string of the molecule is CCCc1c(F)c(S(=O)(=O)O)c(F)c2c(F)c(F)c(F)c(CC)c12. The first kappa shape index (κ1) is 18.6. The van der Waals surface area contributed by atoms with E-state index in [-0.39, 0.29) is 19.3 Å². The van der Waals surface area contributed by atoms with Gasteiger partial charge in [0.2, 0.25) is 0 Å². The van der Waals surface area contributed by atoms with Crippen LogP contribution in [0.3, 0.4) is 0 Å². The van der Waals surface area contributed by atoms with Crippen LogP contribution in [-0.4, -0.2) is 13.0 Å². The second-order valence-corrected chi connectivity index (χ2v) is 6.54. The molecular formula is C15H13F5O3S. The Hall–Kier alpha value is -1.74. The zero-order valence-electron chi connectivity index (χ0n) is 12.7. The average Bonchev–Trinajstić information content (AvgIpc) is 2.47. The predicted octanol–water partition coefficient (Wildman–Crippen LogP) is 4.30. The Morgan fingerprint density at radius 3 is 1.83 bits per heavy atom. The largest absolute Gasteiger partial charge is 0.300 e. The molecule has 0 radical (unpaired) electrons. The molecule has 24 heavy (non-hydrogen) atoms. The highest BCUT2D eigenvalue weighted by molar-refractivity contribution is 7.85. The minimum absolute atomic E-state index is 0.192. The van der Waals surface area contributed by atoms with Gasteiger partial charge in [0.25, 0.3) is 10.1 Å². The monoisotopic (exact) mass is 368 g/mol. The minimum atomic E-state index is -5.39. The van der Waals surface area contributed by atoms with Gasteiger partial charge in [-0.15, -0.1) is 0 Å². The van der Waals surface area contributed by atoms with Crippen LogP contribution in [0.4, 0.5) is 22.0 Å². The van der Waals surface area contributed by atoms with E-state index in [1.807, 2.05) is 0 Å². The summed E-state index contributed by atoms with van der Waals surface area (Å²) >= 11 is 0. The summed E-state index contributed by atoms with van der Waals surface area (Å²) in [7, 11) is -5.39. The number of rotatable bonds is 4. The van der Waals surface area contributed by atoms with Gasteiger partial charge in [-0.2, -0.15) is 8.42 Å². The lowest BCUT2D eigenvalue weighted by Crippen LogP contribution is -2.13. The molecule has 0 saturated heterocycles. The maximum absolute atomic E-state index is 14.5. The van der Waals surface area contributed by atoms with E-state index in [1.165, 1.54) is 6.92 Å². The van der Waals surface area contributed by atoms with Crippen molar-refractivity contribution in [2.24, 2.45) is 0 Å².